The number of hydrogen-bond donors (Lipinski definition) is 3. The van der Waals surface area contributed by atoms with E-state index in [2.05, 4.69) is 4.98 Å². The van der Waals surface area contributed by atoms with Crippen molar-refractivity contribution in [2.24, 2.45) is 0 Å². The molecule has 1 aliphatic rings. The van der Waals surface area contributed by atoms with Crippen LogP contribution in [-0.2, 0) is 13.8 Å². The molecule has 216 valence electrons. The maximum atomic E-state index is 14.5. The van der Waals surface area contributed by atoms with Crippen LogP contribution in [0.2, 0.25) is 0 Å². The van der Waals surface area contributed by atoms with E-state index in [-0.39, 0.29) is 17.3 Å². The SMILES string of the molecule is COc1ccc(OP(=O)(OC[C@@]2(C(F)F)O[C@@H](n3ccc(N)nc3=O)[C@H](O)[C@@H]2O)Oc2ccc(OC)cc2)cc1. The molecule has 3 aromatic rings. The first kappa shape index (κ1) is 29.2. The number of nitrogen functional groups attached to an aromatic ring is 1. The van der Waals surface area contributed by atoms with E-state index in [1.807, 2.05) is 0 Å². The van der Waals surface area contributed by atoms with Gasteiger partial charge in [0.2, 0.25) is 0 Å². The van der Waals surface area contributed by atoms with E-state index < -0.39 is 50.6 Å². The zero-order valence-corrected chi connectivity index (χ0v) is 22.0. The van der Waals surface area contributed by atoms with Crippen LogP contribution in [0.3, 0.4) is 0 Å². The number of phosphoric ester groups is 1. The van der Waals surface area contributed by atoms with Crippen molar-refractivity contribution in [1.29, 1.82) is 0 Å². The zero-order valence-electron chi connectivity index (χ0n) is 21.1. The topological polar surface area (TPSA) is 174 Å². The van der Waals surface area contributed by atoms with E-state index in [0.29, 0.717) is 16.1 Å². The number of nitrogens with two attached hydrogens (primary N) is 1. The summed E-state index contributed by atoms with van der Waals surface area (Å²) in [6.45, 7) is -1.29. The number of ether oxygens (including phenoxy) is 3. The maximum Gasteiger partial charge on any atom is 0.587 e. The number of aromatic nitrogens is 2. The summed E-state index contributed by atoms with van der Waals surface area (Å²) in [4.78, 5) is 15.7. The maximum absolute atomic E-state index is 14.5. The minimum atomic E-state index is -4.78. The van der Waals surface area contributed by atoms with Gasteiger partial charge in [-0.15, -0.1) is 0 Å². The second-order valence-corrected chi connectivity index (χ2v) is 10.0. The summed E-state index contributed by atoms with van der Waals surface area (Å²) in [5, 5.41) is 21.2. The fourth-order valence-electron chi connectivity index (χ4n) is 3.80. The third-order valence-electron chi connectivity index (χ3n) is 5.95. The lowest BCUT2D eigenvalue weighted by Gasteiger charge is -2.31. The summed E-state index contributed by atoms with van der Waals surface area (Å²) in [7, 11) is -1.92. The van der Waals surface area contributed by atoms with Crippen molar-refractivity contribution in [2.75, 3.05) is 26.6 Å². The van der Waals surface area contributed by atoms with Gasteiger partial charge in [0, 0.05) is 6.20 Å². The number of aliphatic hydroxyl groups excluding tert-OH is 2. The molecular weight excluding hydrogens is 559 g/mol. The fraction of sp³-hybridized carbons (Fsp3) is 0.333. The molecule has 40 heavy (non-hydrogen) atoms. The van der Waals surface area contributed by atoms with Crippen molar-refractivity contribution in [3.63, 3.8) is 0 Å². The van der Waals surface area contributed by atoms with Crippen molar-refractivity contribution in [3.8, 4) is 23.0 Å². The second-order valence-electron chi connectivity index (χ2n) is 8.50. The molecule has 2 heterocycles. The van der Waals surface area contributed by atoms with Gasteiger partial charge in [0.25, 0.3) is 6.43 Å². The molecule has 4 rings (SSSR count). The van der Waals surface area contributed by atoms with Crippen LogP contribution in [0.5, 0.6) is 23.0 Å². The quantitative estimate of drug-likeness (QED) is 0.281. The molecule has 0 spiro atoms. The van der Waals surface area contributed by atoms with Crippen molar-refractivity contribution in [3.05, 3.63) is 71.3 Å². The highest BCUT2D eigenvalue weighted by Crippen LogP contribution is 2.52. The molecule has 4 atom stereocenters. The number of rotatable bonds is 11. The van der Waals surface area contributed by atoms with E-state index in [4.69, 9.17) is 33.5 Å². The molecule has 0 unspecified atom stereocenters. The Morgan fingerprint density at radius 3 is 1.95 bits per heavy atom. The van der Waals surface area contributed by atoms with Crippen LogP contribution < -0.4 is 29.9 Å². The molecule has 0 saturated carbocycles. The van der Waals surface area contributed by atoms with Crippen molar-refractivity contribution >= 4 is 13.6 Å². The lowest BCUT2D eigenvalue weighted by Crippen LogP contribution is -2.52. The zero-order chi connectivity index (χ0) is 29.1. The highest BCUT2D eigenvalue weighted by molar-refractivity contribution is 7.49. The van der Waals surface area contributed by atoms with E-state index in [9.17, 15) is 28.4 Å². The average molecular weight is 585 g/mol. The number of hydrogen-bond acceptors (Lipinski definition) is 12. The molecule has 1 saturated heterocycles. The number of nitrogens with zero attached hydrogens (tertiary/aromatic N) is 2. The van der Waals surface area contributed by atoms with Crippen LogP contribution in [0.15, 0.2) is 65.6 Å². The molecule has 1 aromatic heterocycles. The Morgan fingerprint density at radius 2 is 1.50 bits per heavy atom. The van der Waals surface area contributed by atoms with E-state index >= 15 is 0 Å². The number of methoxy groups -OCH3 is 2. The predicted octanol–water partition coefficient (Wildman–Crippen LogP) is 2.38. The first-order valence-corrected chi connectivity index (χ1v) is 13.0. The molecule has 2 aromatic carbocycles. The van der Waals surface area contributed by atoms with Crippen molar-refractivity contribution in [2.45, 2.75) is 30.5 Å². The molecule has 0 radical (unpaired) electrons. The number of aliphatic hydroxyl groups is 2. The van der Waals surface area contributed by atoms with Gasteiger partial charge < -0.3 is 39.2 Å². The molecule has 0 bridgehead atoms. The van der Waals surface area contributed by atoms with Gasteiger partial charge in [-0.25, -0.2) is 18.1 Å². The minimum Gasteiger partial charge on any atom is -0.497 e. The van der Waals surface area contributed by atoms with Gasteiger partial charge in [0.05, 0.1) is 20.8 Å². The Balaban J connectivity index is 1.64. The molecule has 13 nitrogen and oxygen atoms in total. The van der Waals surface area contributed by atoms with Gasteiger partial charge in [-0.3, -0.25) is 9.09 Å². The summed E-state index contributed by atoms with van der Waals surface area (Å²) < 4.78 is 75.1. The summed E-state index contributed by atoms with van der Waals surface area (Å²) in [6.07, 6.45) is -8.60. The van der Waals surface area contributed by atoms with Crippen LogP contribution in [0.25, 0.3) is 0 Å². The Labute approximate surface area is 226 Å². The van der Waals surface area contributed by atoms with Crippen LogP contribution in [0, 0.1) is 0 Å². The molecule has 16 heteroatoms. The first-order chi connectivity index (χ1) is 19.0. The third-order valence-corrected chi connectivity index (χ3v) is 7.27. The highest BCUT2D eigenvalue weighted by Gasteiger charge is 2.62. The lowest BCUT2D eigenvalue weighted by atomic mass is 9.96. The number of alkyl halides is 2. The smallest absolute Gasteiger partial charge is 0.497 e. The standard InChI is InChI=1S/C24H26F2N3O10P/c1-34-14-3-7-16(8-4-14)38-40(33,39-17-9-5-15(35-2)6-10-17)36-13-24(22(25)26)20(31)19(30)21(37-24)29-12-11-18(27)28-23(29)32/h3-12,19-22,30-31H,13H2,1-2H3,(H2,27,28,32)/t19-,20+,21-,24-/m1/s1. The summed E-state index contributed by atoms with van der Waals surface area (Å²) in [6, 6.07) is 12.6. The van der Waals surface area contributed by atoms with Crippen molar-refractivity contribution in [1.82, 2.24) is 9.55 Å². The summed E-state index contributed by atoms with van der Waals surface area (Å²) in [5.41, 5.74) is 1.46. The Morgan fingerprint density at radius 1 is 1.00 bits per heavy atom. The van der Waals surface area contributed by atoms with Gasteiger partial charge in [-0.05, 0) is 54.6 Å². The largest absolute Gasteiger partial charge is 0.587 e. The highest BCUT2D eigenvalue weighted by atomic mass is 31.2. The lowest BCUT2D eigenvalue weighted by molar-refractivity contribution is -0.193. The Kier molecular flexibility index (Phi) is 8.61. The van der Waals surface area contributed by atoms with Gasteiger partial charge in [0.1, 0.15) is 41.0 Å². The van der Waals surface area contributed by atoms with Crippen LogP contribution >= 0.6 is 7.82 Å². The van der Waals surface area contributed by atoms with Crippen molar-refractivity contribution < 1.29 is 51.3 Å². The number of halogens is 2. The average Bonchev–Trinajstić information content (AvgIpc) is 3.19. The first-order valence-electron chi connectivity index (χ1n) is 11.6. The minimum absolute atomic E-state index is 0.0333. The van der Waals surface area contributed by atoms with Gasteiger partial charge >= 0.3 is 13.5 Å². The third kappa shape index (κ3) is 6.03. The molecule has 1 aliphatic heterocycles. The van der Waals surface area contributed by atoms with Crippen LogP contribution in [0.1, 0.15) is 6.23 Å². The van der Waals surface area contributed by atoms with Crippen LogP contribution in [0.4, 0.5) is 14.6 Å². The van der Waals surface area contributed by atoms with Crippen LogP contribution in [-0.4, -0.2) is 64.8 Å². The summed E-state index contributed by atoms with van der Waals surface area (Å²) >= 11 is 0. The fourth-order valence-corrected chi connectivity index (χ4v) is 5.06. The molecule has 0 amide bonds. The normalized spacial score (nSPS) is 22.7. The van der Waals surface area contributed by atoms with E-state index in [1.165, 1.54) is 68.8 Å². The Bertz CT molecular complexity index is 1360. The van der Waals surface area contributed by atoms with Gasteiger partial charge in [-0.2, -0.15) is 4.98 Å². The second kappa shape index (κ2) is 11.8. The van der Waals surface area contributed by atoms with Gasteiger partial charge in [-0.1, -0.05) is 0 Å². The number of benzene rings is 2. The van der Waals surface area contributed by atoms with E-state index in [1.54, 1.807) is 0 Å². The molecular formula is C24H26F2N3O10P. The molecule has 0 aliphatic carbocycles. The summed E-state index contributed by atoms with van der Waals surface area (Å²) in [5.74, 6) is 0.671. The predicted molar refractivity (Wildman–Crippen MR) is 135 cm³/mol. The number of anilines is 1. The molecule has 4 N–H and O–H groups in total. The monoisotopic (exact) mass is 585 g/mol. The Hall–Kier alpha value is -3.75. The number of phosphoric acid groups is 1. The van der Waals surface area contributed by atoms with E-state index in [0.717, 1.165) is 6.20 Å². The van der Waals surface area contributed by atoms with Gasteiger partial charge in [0.15, 0.2) is 11.8 Å². The molecule has 1 fully saturated rings.